The van der Waals surface area contributed by atoms with Crippen LogP contribution in [0.1, 0.15) is 21.5 Å². The van der Waals surface area contributed by atoms with Crippen molar-refractivity contribution in [3.8, 4) is 0 Å². The number of nitrogens with zero attached hydrogens (tertiary/aromatic N) is 1. The first-order valence-corrected chi connectivity index (χ1v) is 6.42. The number of nitrogens with two attached hydrogens (primary N) is 1. The number of ketones is 1. The zero-order chi connectivity index (χ0) is 14.1. The van der Waals surface area contributed by atoms with Crippen LogP contribution in [0.4, 0.5) is 5.82 Å². The third-order valence-corrected chi connectivity index (χ3v) is 3.45. The van der Waals surface area contributed by atoms with Gasteiger partial charge in [-0.15, -0.1) is 0 Å². The minimum absolute atomic E-state index is 0.0788. The molecule has 0 bridgehead atoms. The van der Waals surface area contributed by atoms with Crippen LogP contribution in [-0.2, 0) is 0 Å². The van der Waals surface area contributed by atoms with Gasteiger partial charge in [-0.25, -0.2) is 4.98 Å². The van der Waals surface area contributed by atoms with Gasteiger partial charge in [0.1, 0.15) is 5.82 Å². The lowest BCUT2D eigenvalue weighted by Crippen LogP contribution is -2.09. The molecule has 3 heteroatoms. The van der Waals surface area contributed by atoms with Crippen molar-refractivity contribution < 1.29 is 4.79 Å². The van der Waals surface area contributed by atoms with Gasteiger partial charge in [-0.1, -0.05) is 42.5 Å². The lowest BCUT2D eigenvalue weighted by Gasteiger charge is -2.09. The predicted molar refractivity (Wildman–Crippen MR) is 80.8 cm³/mol. The van der Waals surface area contributed by atoms with E-state index >= 15 is 0 Å². The number of aromatic nitrogens is 1. The Morgan fingerprint density at radius 1 is 1.05 bits per heavy atom. The summed E-state index contributed by atoms with van der Waals surface area (Å²) >= 11 is 0. The molecule has 2 aromatic carbocycles. The molecule has 0 amide bonds. The number of fused-ring (bicyclic) bond motifs is 1. The van der Waals surface area contributed by atoms with Crippen LogP contribution in [-0.4, -0.2) is 10.8 Å². The summed E-state index contributed by atoms with van der Waals surface area (Å²) in [7, 11) is 0. The molecular formula is C17H14N2O. The summed E-state index contributed by atoms with van der Waals surface area (Å²) in [5.74, 6) is 0.202. The summed E-state index contributed by atoms with van der Waals surface area (Å²) in [6, 6.07) is 15.3. The number of anilines is 1. The highest BCUT2D eigenvalue weighted by atomic mass is 16.1. The molecule has 0 radical (unpaired) electrons. The molecule has 0 spiro atoms. The number of hydrogen-bond acceptors (Lipinski definition) is 3. The van der Waals surface area contributed by atoms with Gasteiger partial charge < -0.3 is 5.73 Å². The summed E-state index contributed by atoms with van der Waals surface area (Å²) in [4.78, 5) is 16.8. The van der Waals surface area contributed by atoms with Crippen molar-refractivity contribution in [2.45, 2.75) is 6.92 Å². The molecule has 0 aliphatic heterocycles. The smallest absolute Gasteiger partial charge is 0.197 e. The van der Waals surface area contributed by atoms with E-state index in [4.69, 9.17) is 5.73 Å². The van der Waals surface area contributed by atoms with E-state index in [-0.39, 0.29) is 11.6 Å². The van der Waals surface area contributed by atoms with Gasteiger partial charge in [-0.05, 0) is 29.3 Å². The second-order valence-corrected chi connectivity index (χ2v) is 4.74. The van der Waals surface area contributed by atoms with E-state index in [1.807, 2.05) is 49.4 Å². The van der Waals surface area contributed by atoms with Crippen molar-refractivity contribution in [3.05, 3.63) is 71.4 Å². The van der Waals surface area contributed by atoms with Crippen molar-refractivity contribution in [1.29, 1.82) is 0 Å². The lowest BCUT2D eigenvalue weighted by atomic mass is 9.95. The van der Waals surface area contributed by atoms with Gasteiger partial charge in [0.25, 0.3) is 0 Å². The highest BCUT2D eigenvalue weighted by Crippen LogP contribution is 2.24. The first-order chi connectivity index (χ1) is 9.68. The third kappa shape index (κ3) is 1.93. The number of aryl methyl sites for hydroxylation is 1. The topological polar surface area (TPSA) is 56.0 Å². The summed E-state index contributed by atoms with van der Waals surface area (Å²) < 4.78 is 0. The van der Waals surface area contributed by atoms with E-state index in [1.165, 1.54) is 0 Å². The zero-order valence-electron chi connectivity index (χ0n) is 11.1. The van der Waals surface area contributed by atoms with Crippen LogP contribution in [0.5, 0.6) is 0 Å². The van der Waals surface area contributed by atoms with Crippen LogP contribution in [0.25, 0.3) is 10.8 Å². The third-order valence-electron chi connectivity index (χ3n) is 3.45. The number of nitrogen functional groups attached to an aromatic ring is 1. The first-order valence-electron chi connectivity index (χ1n) is 6.42. The largest absolute Gasteiger partial charge is 0.383 e. The maximum absolute atomic E-state index is 12.8. The van der Waals surface area contributed by atoms with Crippen LogP contribution >= 0.6 is 0 Å². The monoisotopic (exact) mass is 262 g/mol. The van der Waals surface area contributed by atoms with Crippen LogP contribution in [0, 0.1) is 6.92 Å². The molecule has 20 heavy (non-hydrogen) atoms. The van der Waals surface area contributed by atoms with Gasteiger partial charge >= 0.3 is 0 Å². The zero-order valence-corrected chi connectivity index (χ0v) is 11.1. The number of hydrogen-bond donors (Lipinski definition) is 1. The number of pyridine rings is 1. The Morgan fingerprint density at radius 2 is 1.80 bits per heavy atom. The summed E-state index contributed by atoms with van der Waals surface area (Å²) in [5.41, 5.74) is 7.86. The molecule has 98 valence electrons. The molecule has 3 aromatic rings. The Bertz CT molecular complexity index is 783. The number of rotatable bonds is 2. The fourth-order valence-corrected chi connectivity index (χ4v) is 2.43. The van der Waals surface area contributed by atoms with Gasteiger partial charge in [-0.3, -0.25) is 4.79 Å². The maximum Gasteiger partial charge on any atom is 0.197 e. The van der Waals surface area contributed by atoms with Crippen molar-refractivity contribution in [2.75, 3.05) is 5.73 Å². The highest BCUT2D eigenvalue weighted by Gasteiger charge is 2.17. The second kappa shape index (κ2) is 4.78. The van der Waals surface area contributed by atoms with Crippen molar-refractivity contribution >= 4 is 22.4 Å². The fourth-order valence-electron chi connectivity index (χ4n) is 2.43. The van der Waals surface area contributed by atoms with E-state index in [0.29, 0.717) is 11.1 Å². The van der Waals surface area contributed by atoms with E-state index in [1.54, 1.807) is 12.3 Å². The molecule has 3 nitrogen and oxygen atoms in total. The minimum atomic E-state index is -0.0788. The van der Waals surface area contributed by atoms with Crippen LogP contribution in [0.3, 0.4) is 0 Å². The summed E-state index contributed by atoms with van der Waals surface area (Å²) in [6.45, 7) is 1.87. The van der Waals surface area contributed by atoms with Gasteiger partial charge in [0.2, 0.25) is 0 Å². The van der Waals surface area contributed by atoms with E-state index in [2.05, 4.69) is 4.98 Å². The van der Waals surface area contributed by atoms with Crippen molar-refractivity contribution in [1.82, 2.24) is 4.98 Å². The Hall–Kier alpha value is -2.68. The van der Waals surface area contributed by atoms with Gasteiger partial charge in [0.15, 0.2) is 5.78 Å². The van der Waals surface area contributed by atoms with Gasteiger partial charge in [-0.2, -0.15) is 0 Å². The standard InChI is InChI=1S/C17H14N2O/c1-11-9-10-19-17(18)15(11)16(20)14-8-4-6-12-5-2-3-7-13(12)14/h2-10H,1H3,(H2,18,19). The number of carbonyl (C=O) groups excluding carboxylic acids is 1. The molecule has 0 aliphatic carbocycles. The number of benzene rings is 2. The summed E-state index contributed by atoms with van der Waals surface area (Å²) in [5, 5.41) is 1.97. The number of carbonyl (C=O) groups is 1. The first kappa shape index (κ1) is 12.4. The van der Waals surface area contributed by atoms with Gasteiger partial charge in [0, 0.05) is 11.8 Å². The predicted octanol–water partition coefficient (Wildman–Crippen LogP) is 3.36. The normalized spacial score (nSPS) is 10.7. The van der Waals surface area contributed by atoms with Crippen LogP contribution < -0.4 is 5.73 Å². The minimum Gasteiger partial charge on any atom is -0.383 e. The van der Waals surface area contributed by atoms with E-state index in [0.717, 1.165) is 16.3 Å². The maximum atomic E-state index is 12.8. The molecule has 0 unspecified atom stereocenters. The van der Waals surface area contributed by atoms with Crippen molar-refractivity contribution in [2.24, 2.45) is 0 Å². The summed E-state index contributed by atoms with van der Waals surface area (Å²) in [6.07, 6.45) is 1.62. The van der Waals surface area contributed by atoms with E-state index in [9.17, 15) is 4.79 Å². The van der Waals surface area contributed by atoms with Crippen LogP contribution in [0.15, 0.2) is 54.7 Å². The molecule has 1 aromatic heterocycles. The Labute approximate surface area is 117 Å². The van der Waals surface area contributed by atoms with E-state index < -0.39 is 0 Å². The quantitative estimate of drug-likeness (QED) is 0.720. The molecule has 3 rings (SSSR count). The average Bonchev–Trinajstić information content (AvgIpc) is 2.46. The molecule has 0 fully saturated rings. The SMILES string of the molecule is Cc1ccnc(N)c1C(=O)c1cccc2ccccc12. The molecule has 0 aliphatic rings. The lowest BCUT2D eigenvalue weighted by molar-refractivity contribution is 0.104. The molecule has 0 atom stereocenters. The average molecular weight is 262 g/mol. The molecule has 0 saturated heterocycles. The molecular weight excluding hydrogens is 248 g/mol. The molecule has 2 N–H and O–H groups in total. The Morgan fingerprint density at radius 3 is 2.60 bits per heavy atom. The fraction of sp³-hybridized carbons (Fsp3) is 0.0588. The van der Waals surface area contributed by atoms with Crippen molar-refractivity contribution in [3.63, 3.8) is 0 Å². The second-order valence-electron chi connectivity index (χ2n) is 4.74. The molecule has 0 saturated carbocycles. The molecule has 1 heterocycles. The Balaban J connectivity index is 2.24. The van der Waals surface area contributed by atoms with Gasteiger partial charge in [0.05, 0.1) is 5.56 Å². The highest BCUT2D eigenvalue weighted by molar-refractivity contribution is 6.18. The Kier molecular flexibility index (Phi) is 2.95. The van der Waals surface area contributed by atoms with Crippen LogP contribution in [0.2, 0.25) is 0 Å².